The Kier molecular flexibility index (Phi) is 3.69. The second-order valence-electron chi connectivity index (χ2n) is 5.06. The summed E-state index contributed by atoms with van der Waals surface area (Å²) in [5.41, 5.74) is 0. The van der Waals surface area contributed by atoms with Gasteiger partial charge >= 0.3 is 6.03 Å². The van der Waals surface area contributed by atoms with Crippen LogP contribution in [0.5, 0.6) is 0 Å². The lowest BCUT2D eigenvalue weighted by atomic mass is 9.92. The van der Waals surface area contributed by atoms with Crippen LogP contribution in [0.2, 0.25) is 0 Å². The number of urea groups is 1. The molecule has 0 aromatic heterocycles. The topological polar surface area (TPSA) is 41.6 Å². The minimum atomic E-state index is 0.0922. The van der Waals surface area contributed by atoms with Gasteiger partial charge in [-0.1, -0.05) is 6.92 Å². The van der Waals surface area contributed by atoms with Crippen molar-refractivity contribution >= 4 is 6.03 Å². The Balaban J connectivity index is 1.87. The third-order valence-electron chi connectivity index (χ3n) is 3.89. The number of rotatable bonds is 1. The molecule has 2 fully saturated rings. The van der Waals surface area contributed by atoms with Gasteiger partial charge in [0.25, 0.3) is 0 Å². The Morgan fingerprint density at radius 2 is 2.19 bits per heavy atom. The van der Waals surface area contributed by atoms with Crippen LogP contribution in [0.4, 0.5) is 4.79 Å². The number of piperidine rings is 1. The van der Waals surface area contributed by atoms with Crippen LogP contribution < -0.4 is 5.32 Å². The van der Waals surface area contributed by atoms with E-state index in [1.165, 1.54) is 6.42 Å². The van der Waals surface area contributed by atoms with E-state index in [0.29, 0.717) is 18.6 Å². The number of hydrogen-bond acceptors (Lipinski definition) is 2. The Labute approximate surface area is 97.3 Å². The van der Waals surface area contributed by atoms with Crippen molar-refractivity contribution in [3.8, 4) is 0 Å². The summed E-state index contributed by atoms with van der Waals surface area (Å²) in [4.78, 5) is 14.0. The monoisotopic (exact) mass is 226 g/mol. The number of hydrogen-bond donors (Lipinski definition) is 1. The van der Waals surface area contributed by atoms with E-state index < -0.39 is 0 Å². The van der Waals surface area contributed by atoms with Crippen molar-refractivity contribution in [2.75, 3.05) is 19.8 Å². The van der Waals surface area contributed by atoms with Gasteiger partial charge in [-0.25, -0.2) is 4.79 Å². The van der Waals surface area contributed by atoms with Crippen LogP contribution in [0.3, 0.4) is 0 Å². The third-order valence-corrected chi connectivity index (χ3v) is 3.89. The molecule has 3 atom stereocenters. The molecule has 92 valence electrons. The van der Waals surface area contributed by atoms with Gasteiger partial charge in [0, 0.05) is 19.2 Å². The van der Waals surface area contributed by atoms with E-state index in [1.54, 1.807) is 0 Å². The number of likely N-dealkylation sites (tertiary alicyclic amines) is 1. The first kappa shape index (κ1) is 11.7. The highest BCUT2D eigenvalue weighted by Gasteiger charge is 2.29. The number of amides is 2. The first-order valence-corrected chi connectivity index (χ1v) is 6.33. The van der Waals surface area contributed by atoms with Crippen molar-refractivity contribution in [3.63, 3.8) is 0 Å². The predicted octanol–water partition coefficient (Wildman–Crippen LogP) is 1.61. The standard InChI is InChI=1S/C12H22N2O2/c1-9-4-3-6-14(10(9)2)12(15)13-11-5-7-16-8-11/h9-11H,3-8H2,1-2H3,(H,13,15). The van der Waals surface area contributed by atoms with Gasteiger partial charge in [-0.05, 0) is 32.1 Å². The maximum absolute atomic E-state index is 12.1. The molecular weight excluding hydrogens is 204 g/mol. The van der Waals surface area contributed by atoms with E-state index in [1.807, 2.05) is 4.90 Å². The van der Waals surface area contributed by atoms with Crippen LogP contribution >= 0.6 is 0 Å². The normalized spacial score (nSPS) is 35.1. The molecule has 2 heterocycles. The van der Waals surface area contributed by atoms with Gasteiger partial charge in [0.05, 0.1) is 12.6 Å². The molecule has 0 aliphatic carbocycles. The van der Waals surface area contributed by atoms with Crippen LogP contribution in [0.25, 0.3) is 0 Å². The fraction of sp³-hybridized carbons (Fsp3) is 0.917. The first-order chi connectivity index (χ1) is 7.68. The molecule has 1 N–H and O–H groups in total. The minimum absolute atomic E-state index is 0.0922. The summed E-state index contributed by atoms with van der Waals surface area (Å²) in [6.07, 6.45) is 3.31. The van der Waals surface area contributed by atoms with Gasteiger partial charge in [-0.2, -0.15) is 0 Å². The maximum atomic E-state index is 12.1. The fourth-order valence-corrected chi connectivity index (χ4v) is 2.53. The molecule has 0 spiro atoms. The highest BCUT2D eigenvalue weighted by atomic mass is 16.5. The first-order valence-electron chi connectivity index (χ1n) is 6.33. The quantitative estimate of drug-likeness (QED) is 0.738. The third kappa shape index (κ3) is 2.48. The lowest BCUT2D eigenvalue weighted by Gasteiger charge is -2.38. The van der Waals surface area contributed by atoms with E-state index in [0.717, 1.165) is 26.0 Å². The van der Waals surface area contributed by atoms with Crippen molar-refractivity contribution in [2.45, 2.75) is 45.2 Å². The zero-order valence-corrected chi connectivity index (χ0v) is 10.2. The summed E-state index contributed by atoms with van der Waals surface area (Å²) in [6, 6.07) is 0.669. The van der Waals surface area contributed by atoms with E-state index in [-0.39, 0.29) is 12.1 Å². The zero-order valence-electron chi connectivity index (χ0n) is 10.2. The zero-order chi connectivity index (χ0) is 11.5. The van der Waals surface area contributed by atoms with E-state index in [9.17, 15) is 4.79 Å². The molecule has 3 unspecified atom stereocenters. The van der Waals surface area contributed by atoms with Gasteiger partial charge in [-0.3, -0.25) is 0 Å². The summed E-state index contributed by atoms with van der Waals surface area (Å²) < 4.78 is 5.26. The summed E-state index contributed by atoms with van der Waals surface area (Å²) >= 11 is 0. The van der Waals surface area contributed by atoms with Crippen molar-refractivity contribution < 1.29 is 9.53 Å². The highest BCUT2D eigenvalue weighted by Crippen LogP contribution is 2.22. The second kappa shape index (κ2) is 5.04. The summed E-state index contributed by atoms with van der Waals surface area (Å²) in [6.45, 7) is 6.71. The Hall–Kier alpha value is -0.770. The maximum Gasteiger partial charge on any atom is 0.317 e. The Bertz CT molecular complexity index is 251. The summed E-state index contributed by atoms with van der Waals surface area (Å²) in [7, 11) is 0. The summed E-state index contributed by atoms with van der Waals surface area (Å²) in [5.74, 6) is 0.610. The number of nitrogens with one attached hydrogen (secondary N) is 1. The van der Waals surface area contributed by atoms with Crippen molar-refractivity contribution in [3.05, 3.63) is 0 Å². The predicted molar refractivity (Wildman–Crippen MR) is 62.3 cm³/mol. The molecule has 2 amide bonds. The van der Waals surface area contributed by atoms with Crippen LogP contribution in [-0.2, 0) is 4.74 Å². The van der Waals surface area contributed by atoms with E-state index in [2.05, 4.69) is 19.2 Å². The molecule has 2 saturated heterocycles. The van der Waals surface area contributed by atoms with Crippen molar-refractivity contribution in [2.24, 2.45) is 5.92 Å². The molecule has 2 aliphatic rings. The van der Waals surface area contributed by atoms with Crippen molar-refractivity contribution in [1.29, 1.82) is 0 Å². The van der Waals surface area contributed by atoms with Gasteiger partial charge in [0.15, 0.2) is 0 Å². The molecule has 4 nitrogen and oxygen atoms in total. The molecule has 2 rings (SSSR count). The lowest BCUT2D eigenvalue weighted by Crippen LogP contribution is -2.52. The molecule has 0 aromatic rings. The average Bonchev–Trinajstić information content (AvgIpc) is 2.74. The average molecular weight is 226 g/mol. The molecule has 16 heavy (non-hydrogen) atoms. The Morgan fingerprint density at radius 1 is 1.38 bits per heavy atom. The molecule has 4 heteroatoms. The molecule has 0 aromatic carbocycles. The minimum Gasteiger partial charge on any atom is -0.379 e. The van der Waals surface area contributed by atoms with E-state index in [4.69, 9.17) is 4.74 Å². The SMILES string of the molecule is CC1CCCN(C(=O)NC2CCOC2)C1C. The summed E-state index contributed by atoms with van der Waals surface area (Å²) in [5, 5.41) is 3.06. The second-order valence-corrected chi connectivity index (χ2v) is 5.06. The van der Waals surface area contributed by atoms with Crippen molar-refractivity contribution in [1.82, 2.24) is 10.2 Å². The number of ether oxygens (including phenoxy) is 1. The fourth-order valence-electron chi connectivity index (χ4n) is 2.53. The van der Waals surface area contributed by atoms with Gasteiger partial charge in [0.1, 0.15) is 0 Å². The number of carbonyl (C=O) groups excluding carboxylic acids is 1. The van der Waals surface area contributed by atoms with Crippen LogP contribution in [0.1, 0.15) is 33.1 Å². The van der Waals surface area contributed by atoms with Crippen LogP contribution in [0, 0.1) is 5.92 Å². The number of nitrogens with zero attached hydrogens (tertiary/aromatic N) is 1. The Morgan fingerprint density at radius 3 is 2.88 bits per heavy atom. The van der Waals surface area contributed by atoms with Gasteiger partial charge < -0.3 is 15.0 Å². The highest BCUT2D eigenvalue weighted by molar-refractivity contribution is 5.75. The smallest absolute Gasteiger partial charge is 0.317 e. The van der Waals surface area contributed by atoms with Gasteiger partial charge in [-0.15, -0.1) is 0 Å². The molecule has 0 saturated carbocycles. The van der Waals surface area contributed by atoms with Gasteiger partial charge in [0.2, 0.25) is 0 Å². The number of carbonyl (C=O) groups is 1. The van der Waals surface area contributed by atoms with Crippen LogP contribution in [0.15, 0.2) is 0 Å². The van der Waals surface area contributed by atoms with E-state index >= 15 is 0 Å². The molecule has 0 radical (unpaired) electrons. The molecular formula is C12H22N2O2. The largest absolute Gasteiger partial charge is 0.379 e. The molecule has 0 bridgehead atoms. The molecule has 2 aliphatic heterocycles. The van der Waals surface area contributed by atoms with Crippen LogP contribution in [-0.4, -0.2) is 42.8 Å². The lowest BCUT2D eigenvalue weighted by molar-refractivity contribution is 0.124.